The molecule has 3 aromatic heterocycles. The van der Waals surface area contributed by atoms with Crippen LogP contribution in [-0.2, 0) is 6.54 Å². The van der Waals surface area contributed by atoms with Crippen molar-refractivity contribution in [3.63, 3.8) is 0 Å². The van der Waals surface area contributed by atoms with Gasteiger partial charge >= 0.3 is 5.97 Å². The first-order valence-electron chi connectivity index (χ1n) is 11.5. The number of carbonyl (C=O) groups excluding carboxylic acids is 1. The molecule has 0 aliphatic rings. The first-order chi connectivity index (χ1) is 18.7. The van der Waals surface area contributed by atoms with Crippen LogP contribution in [0.2, 0.25) is 5.02 Å². The standard InChI is InChI=1S/C27H18ClN5O5S/c1-13-32-20-4-3-16(25(30)34)18(11-29)22(20)26(35)33(13)8-9-38-21-5-2-14(28)10-17(21)15-6-7-31-23-19(27(36)37)12-39-24(15)23/h2-7,10,12H,8-9H2,1H3,(H2,30,34)(H,36,37). The number of primary amides is 1. The van der Waals surface area contributed by atoms with Crippen LogP contribution >= 0.6 is 22.9 Å². The number of hydrogen-bond acceptors (Lipinski definition) is 8. The number of fused-ring (bicyclic) bond motifs is 2. The molecule has 0 fully saturated rings. The quantitative estimate of drug-likeness (QED) is 0.297. The van der Waals surface area contributed by atoms with Gasteiger partial charge in [-0.05, 0) is 43.3 Å². The van der Waals surface area contributed by atoms with Crippen LogP contribution in [-0.4, -0.2) is 38.1 Å². The summed E-state index contributed by atoms with van der Waals surface area (Å²) in [7, 11) is 0. The summed E-state index contributed by atoms with van der Waals surface area (Å²) in [4.78, 5) is 45.4. The van der Waals surface area contributed by atoms with Crippen LogP contribution in [0.4, 0.5) is 0 Å². The highest BCUT2D eigenvalue weighted by Gasteiger charge is 2.20. The van der Waals surface area contributed by atoms with E-state index in [1.54, 1.807) is 31.2 Å². The Bertz CT molecular complexity index is 1920. The Kier molecular flexibility index (Phi) is 6.74. The van der Waals surface area contributed by atoms with Crippen LogP contribution in [0.15, 0.2) is 52.8 Å². The molecule has 194 valence electrons. The average Bonchev–Trinajstić information content (AvgIpc) is 3.35. The van der Waals surface area contributed by atoms with E-state index in [-0.39, 0.29) is 40.7 Å². The summed E-state index contributed by atoms with van der Waals surface area (Å²) >= 11 is 7.54. The van der Waals surface area contributed by atoms with Crippen LogP contribution in [0, 0.1) is 18.3 Å². The van der Waals surface area contributed by atoms with Crippen molar-refractivity contribution in [3.05, 3.63) is 85.9 Å². The molecule has 1 amide bonds. The van der Waals surface area contributed by atoms with Gasteiger partial charge in [-0.3, -0.25) is 19.1 Å². The number of aryl methyl sites for hydroxylation is 1. The summed E-state index contributed by atoms with van der Waals surface area (Å²) in [5, 5.41) is 21.1. The molecule has 3 heterocycles. The smallest absolute Gasteiger partial charge is 0.338 e. The molecule has 0 saturated carbocycles. The number of carbonyl (C=O) groups is 2. The third-order valence-electron chi connectivity index (χ3n) is 6.18. The van der Waals surface area contributed by atoms with Gasteiger partial charge in [0.1, 0.15) is 24.3 Å². The summed E-state index contributed by atoms with van der Waals surface area (Å²) in [5.74, 6) is -1.02. The van der Waals surface area contributed by atoms with Crippen molar-refractivity contribution in [2.75, 3.05) is 6.61 Å². The van der Waals surface area contributed by atoms with Crippen LogP contribution in [0.5, 0.6) is 5.75 Å². The second-order valence-electron chi connectivity index (χ2n) is 8.45. The number of nitrogens with two attached hydrogens (primary N) is 1. The van der Waals surface area contributed by atoms with E-state index < -0.39 is 17.4 Å². The second kappa shape index (κ2) is 10.2. The van der Waals surface area contributed by atoms with Crippen LogP contribution in [0.3, 0.4) is 0 Å². The lowest BCUT2D eigenvalue weighted by molar-refractivity contribution is 0.0699. The van der Waals surface area contributed by atoms with Crippen molar-refractivity contribution < 1.29 is 19.4 Å². The highest BCUT2D eigenvalue weighted by Crippen LogP contribution is 2.39. The van der Waals surface area contributed by atoms with Gasteiger partial charge in [0.15, 0.2) is 0 Å². The molecule has 0 aliphatic carbocycles. The average molecular weight is 560 g/mol. The minimum atomic E-state index is -1.07. The van der Waals surface area contributed by atoms with Gasteiger partial charge in [0.25, 0.3) is 5.56 Å². The molecule has 2 aromatic carbocycles. The third kappa shape index (κ3) is 4.56. The van der Waals surface area contributed by atoms with E-state index in [4.69, 9.17) is 22.1 Å². The molecule has 5 aromatic rings. The summed E-state index contributed by atoms with van der Waals surface area (Å²) in [6.07, 6.45) is 1.53. The number of halogens is 1. The SMILES string of the molecule is Cc1nc2ccc(C(N)=O)c(C#N)c2c(=O)n1CCOc1ccc(Cl)cc1-c1ccnc2c(C(=O)O)csc12. The number of nitriles is 1. The van der Waals surface area contributed by atoms with E-state index in [1.165, 1.54) is 39.6 Å². The van der Waals surface area contributed by atoms with Crippen molar-refractivity contribution in [1.82, 2.24) is 14.5 Å². The number of rotatable bonds is 7. The molecule has 3 N–H and O–H groups in total. The Morgan fingerprint density at radius 3 is 2.72 bits per heavy atom. The molecule has 0 aliphatic heterocycles. The fraction of sp³-hybridized carbons (Fsp3) is 0.111. The molecule has 39 heavy (non-hydrogen) atoms. The molecule has 0 unspecified atom stereocenters. The van der Waals surface area contributed by atoms with Crippen molar-refractivity contribution in [1.29, 1.82) is 5.26 Å². The van der Waals surface area contributed by atoms with Crippen molar-refractivity contribution >= 4 is 55.9 Å². The molecule has 0 radical (unpaired) electrons. The van der Waals surface area contributed by atoms with E-state index in [2.05, 4.69) is 9.97 Å². The van der Waals surface area contributed by atoms with Crippen molar-refractivity contribution in [2.24, 2.45) is 5.73 Å². The zero-order chi connectivity index (χ0) is 27.8. The highest BCUT2D eigenvalue weighted by atomic mass is 35.5. The van der Waals surface area contributed by atoms with E-state index in [9.17, 15) is 24.8 Å². The number of aromatic carboxylic acids is 1. The number of pyridine rings is 1. The number of carboxylic acid groups (broad SMARTS) is 1. The fourth-order valence-corrected chi connectivity index (χ4v) is 5.58. The minimum absolute atomic E-state index is 0.0117. The molecule has 10 nitrogen and oxygen atoms in total. The zero-order valence-electron chi connectivity index (χ0n) is 20.3. The van der Waals surface area contributed by atoms with Gasteiger partial charge in [-0.1, -0.05) is 11.6 Å². The van der Waals surface area contributed by atoms with Gasteiger partial charge in [-0.2, -0.15) is 5.26 Å². The van der Waals surface area contributed by atoms with E-state index in [0.717, 1.165) is 0 Å². The Morgan fingerprint density at radius 2 is 2.00 bits per heavy atom. The van der Waals surface area contributed by atoms with Crippen molar-refractivity contribution in [3.8, 4) is 22.9 Å². The monoisotopic (exact) mass is 559 g/mol. The fourth-order valence-electron chi connectivity index (χ4n) is 4.38. The van der Waals surface area contributed by atoms with Crippen LogP contribution in [0.1, 0.15) is 32.1 Å². The highest BCUT2D eigenvalue weighted by molar-refractivity contribution is 7.18. The lowest BCUT2D eigenvalue weighted by atomic mass is 10.0. The topological polar surface area (TPSA) is 161 Å². The molecule has 0 spiro atoms. The number of amides is 1. The van der Waals surface area contributed by atoms with E-state index >= 15 is 0 Å². The summed E-state index contributed by atoms with van der Waals surface area (Å²) in [6.45, 7) is 1.81. The first-order valence-corrected chi connectivity index (χ1v) is 12.7. The van der Waals surface area contributed by atoms with Crippen molar-refractivity contribution in [2.45, 2.75) is 13.5 Å². The Hall–Kier alpha value is -4.79. The largest absolute Gasteiger partial charge is 0.491 e. The number of nitrogens with zero attached hydrogens (tertiary/aromatic N) is 4. The summed E-state index contributed by atoms with van der Waals surface area (Å²) in [5.41, 5.74) is 6.82. The van der Waals surface area contributed by atoms with Gasteiger partial charge in [0, 0.05) is 27.7 Å². The molecule has 0 saturated heterocycles. The number of thiophene rings is 1. The number of benzene rings is 2. The van der Waals surface area contributed by atoms with Gasteiger partial charge < -0.3 is 15.6 Å². The second-order valence-corrected chi connectivity index (χ2v) is 9.77. The lowest BCUT2D eigenvalue weighted by Gasteiger charge is -2.15. The molecule has 12 heteroatoms. The van der Waals surface area contributed by atoms with Crippen LogP contribution < -0.4 is 16.0 Å². The van der Waals surface area contributed by atoms with Gasteiger partial charge in [-0.25, -0.2) is 9.78 Å². The van der Waals surface area contributed by atoms with E-state index in [1.807, 2.05) is 6.07 Å². The number of carboxylic acids is 1. The maximum atomic E-state index is 13.4. The van der Waals surface area contributed by atoms with Gasteiger partial charge in [-0.15, -0.1) is 11.3 Å². The predicted molar refractivity (Wildman–Crippen MR) is 146 cm³/mol. The maximum absolute atomic E-state index is 13.4. The third-order valence-corrected chi connectivity index (χ3v) is 7.42. The van der Waals surface area contributed by atoms with E-state index in [0.29, 0.717) is 37.9 Å². The summed E-state index contributed by atoms with van der Waals surface area (Å²) in [6, 6.07) is 11.6. The maximum Gasteiger partial charge on any atom is 0.338 e. The van der Waals surface area contributed by atoms with Crippen LogP contribution in [0.25, 0.3) is 32.2 Å². The Balaban J connectivity index is 1.51. The number of ether oxygens (including phenoxy) is 1. The van der Waals surface area contributed by atoms with Gasteiger partial charge in [0.2, 0.25) is 5.91 Å². The molecule has 0 atom stereocenters. The number of aromatic nitrogens is 3. The minimum Gasteiger partial charge on any atom is -0.491 e. The normalized spacial score (nSPS) is 11.0. The molecular formula is C27H18ClN5O5S. The lowest BCUT2D eigenvalue weighted by Crippen LogP contribution is -2.28. The Labute approximate surface area is 229 Å². The molecule has 0 bridgehead atoms. The van der Waals surface area contributed by atoms with Gasteiger partial charge in [0.05, 0.1) is 44.4 Å². The Morgan fingerprint density at radius 1 is 1.21 bits per heavy atom. The predicted octanol–water partition coefficient (Wildman–Crippen LogP) is 4.38. The summed E-state index contributed by atoms with van der Waals surface area (Å²) < 4.78 is 8.11. The first kappa shape index (κ1) is 25.8. The molecule has 5 rings (SSSR count). The number of hydrogen-bond donors (Lipinski definition) is 2. The zero-order valence-corrected chi connectivity index (χ0v) is 21.8. The molecular weight excluding hydrogens is 542 g/mol.